The number of benzene rings is 1. The Morgan fingerprint density at radius 1 is 1.12 bits per heavy atom. The number of nitrogens with zero attached hydrogens (tertiary/aromatic N) is 1. The van der Waals surface area contributed by atoms with Gasteiger partial charge in [-0.05, 0) is 56.7 Å². The molecule has 26 heavy (non-hydrogen) atoms. The van der Waals surface area contributed by atoms with Gasteiger partial charge in [-0.2, -0.15) is 0 Å². The second-order valence-electron chi connectivity index (χ2n) is 6.89. The number of hydrogen-bond acceptors (Lipinski definition) is 3. The van der Waals surface area contributed by atoms with Crippen molar-refractivity contribution in [3.63, 3.8) is 0 Å². The number of carbonyl (C=O) groups is 1. The first-order valence-corrected chi connectivity index (χ1v) is 9.42. The van der Waals surface area contributed by atoms with Gasteiger partial charge in [0.25, 0.3) is 5.91 Å². The summed E-state index contributed by atoms with van der Waals surface area (Å²) in [5, 5.41) is 6.27. The lowest BCUT2D eigenvalue weighted by Crippen LogP contribution is -2.25. The largest absolute Gasteiger partial charge is 0.366 e. The summed E-state index contributed by atoms with van der Waals surface area (Å²) in [4.78, 5) is 16.6. The average Bonchev–Trinajstić information content (AvgIpc) is 2.69. The molecule has 1 aliphatic carbocycles. The Bertz CT molecular complexity index is 748. The number of nitrogens with one attached hydrogen (secondary N) is 2. The third-order valence-corrected chi connectivity index (χ3v) is 4.74. The van der Waals surface area contributed by atoms with Gasteiger partial charge in [0.15, 0.2) is 0 Å². The van der Waals surface area contributed by atoms with E-state index in [1.807, 2.05) is 12.1 Å². The number of anilines is 1. The van der Waals surface area contributed by atoms with Crippen LogP contribution in [0.1, 0.15) is 53.6 Å². The lowest BCUT2D eigenvalue weighted by molar-refractivity contribution is 0.0953. The number of carbonyl (C=O) groups excluding carboxylic acids is 1. The fraction of sp³-hybridized carbons (Fsp3) is 0.364. The van der Waals surface area contributed by atoms with Crippen LogP contribution in [0.3, 0.4) is 0 Å². The van der Waals surface area contributed by atoms with Crippen LogP contribution in [0.4, 0.5) is 5.82 Å². The maximum Gasteiger partial charge on any atom is 0.252 e. The average molecular weight is 349 g/mol. The Hall–Kier alpha value is -2.62. The van der Waals surface area contributed by atoms with Crippen LogP contribution in [0.5, 0.6) is 0 Å². The maximum atomic E-state index is 12.2. The molecule has 0 fully saturated rings. The topological polar surface area (TPSA) is 54.0 Å². The molecule has 3 rings (SSSR count). The van der Waals surface area contributed by atoms with Crippen LogP contribution in [0.25, 0.3) is 0 Å². The molecule has 1 aromatic heterocycles. The summed E-state index contributed by atoms with van der Waals surface area (Å²) in [5.41, 5.74) is 4.53. The smallest absolute Gasteiger partial charge is 0.252 e. The van der Waals surface area contributed by atoms with E-state index in [4.69, 9.17) is 0 Å². The van der Waals surface area contributed by atoms with Gasteiger partial charge >= 0.3 is 0 Å². The summed E-state index contributed by atoms with van der Waals surface area (Å²) in [7, 11) is 0. The molecule has 4 nitrogen and oxygen atoms in total. The minimum absolute atomic E-state index is 0.0565. The fourth-order valence-electron chi connectivity index (χ4n) is 3.10. The molecular formula is C22H27N3O. The Kier molecular flexibility index (Phi) is 6.42. The van der Waals surface area contributed by atoms with E-state index < -0.39 is 0 Å². The van der Waals surface area contributed by atoms with Crippen molar-refractivity contribution in [2.75, 3.05) is 11.9 Å². The van der Waals surface area contributed by atoms with Crippen LogP contribution in [-0.4, -0.2) is 17.4 Å². The molecule has 1 heterocycles. The predicted octanol–water partition coefficient (Wildman–Crippen LogP) is 4.62. The quantitative estimate of drug-likeness (QED) is 0.717. The van der Waals surface area contributed by atoms with Crippen LogP contribution in [0.2, 0.25) is 0 Å². The minimum atomic E-state index is -0.0565. The van der Waals surface area contributed by atoms with E-state index in [0.29, 0.717) is 18.7 Å². The van der Waals surface area contributed by atoms with Crippen molar-refractivity contribution >= 4 is 11.7 Å². The second kappa shape index (κ2) is 9.18. The molecule has 0 atom stereocenters. The van der Waals surface area contributed by atoms with Gasteiger partial charge in [0.05, 0.1) is 5.56 Å². The van der Waals surface area contributed by atoms with Gasteiger partial charge in [-0.1, -0.05) is 41.5 Å². The van der Waals surface area contributed by atoms with Crippen molar-refractivity contribution in [2.45, 2.75) is 45.6 Å². The zero-order valence-corrected chi connectivity index (χ0v) is 15.4. The van der Waals surface area contributed by atoms with Crippen molar-refractivity contribution in [3.05, 3.63) is 70.9 Å². The lowest BCUT2D eigenvalue weighted by Gasteiger charge is -2.13. The van der Waals surface area contributed by atoms with E-state index in [2.05, 4.69) is 52.9 Å². The Balaban J connectivity index is 1.44. The highest BCUT2D eigenvalue weighted by atomic mass is 16.1. The summed E-state index contributed by atoms with van der Waals surface area (Å²) >= 11 is 0. The standard InChI is InChI=1S/C22H27N3O/c1-17-7-9-19(10-8-17)15-24-21-12-11-20(16-25-21)22(26)23-14-13-18-5-3-2-4-6-18/h5,7-12,16H,2-4,6,13-15H2,1H3,(H,23,26)(H,24,25). The highest BCUT2D eigenvalue weighted by Gasteiger charge is 2.08. The Morgan fingerprint density at radius 2 is 1.96 bits per heavy atom. The molecular weight excluding hydrogens is 322 g/mol. The molecule has 1 amide bonds. The minimum Gasteiger partial charge on any atom is -0.366 e. The van der Waals surface area contributed by atoms with Crippen LogP contribution >= 0.6 is 0 Å². The van der Waals surface area contributed by atoms with Crippen molar-refractivity contribution in [3.8, 4) is 0 Å². The Labute approximate surface area is 155 Å². The SMILES string of the molecule is Cc1ccc(CNc2ccc(C(=O)NCCC3=CCCCC3)cn2)cc1. The van der Waals surface area contributed by atoms with Gasteiger partial charge in [-0.3, -0.25) is 4.79 Å². The summed E-state index contributed by atoms with van der Waals surface area (Å²) in [6.45, 7) is 3.49. The molecule has 2 aromatic rings. The van der Waals surface area contributed by atoms with Gasteiger partial charge in [-0.15, -0.1) is 0 Å². The number of aryl methyl sites for hydroxylation is 1. The van der Waals surface area contributed by atoms with Crippen molar-refractivity contribution in [1.82, 2.24) is 10.3 Å². The fourth-order valence-corrected chi connectivity index (χ4v) is 3.10. The molecule has 0 saturated carbocycles. The molecule has 0 spiro atoms. The number of pyridine rings is 1. The zero-order chi connectivity index (χ0) is 18.2. The van der Waals surface area contributed by atoms with Crippen LogP contribution in [0, 0.1) is 6.92 Å². The highest BCUT2D eigenvalue weighted by Crippen LogP contribution is 2.19. The molecule has 136 valence electrons. The summed E-state index contributed by atoms with van der Waals surface area (Å²) in [6, 6.07) is 12.1. The van der Waals surface area contributed by atoms with E-state index in [1.165, 1.54) is 42.4 Å². The molecule has 1 aromatic carbocycles. The number of aromatic nitrogens is 1. The molecule has 1 aliphatic rings. The van der Waals surface area contributed by atoms with Gasteiger partial charge in [0, 0.05) is 19.3 Å². The van der Waals surface area contributed by atoms with Gasteiger partial charge in [0.1, 0.15) is 5.82 Å². The van der Waals surface area contributed by atoms with Crippen LogP contribution in [0.15, 0.2) is 54.2 Å². The van der Waals surface area contributed by atoms with E-state index in [0.717, 1.165) is 12.2 Å². The lowest BCUT2D eigenvalue weighted by atomic mass is 9.97. The molecule has 2 N–H and O–H groups in total. The molecule has 4 heteroatoms. The summed E-state index contributed by atoms with van der Waals surface area (Å²) in [6.07, 6.45) is 9.85. The maximum absolute atomic E-state index is 12.2. The normalized spacial score (nSPS) is 13.8. The van der Waals surface area contributed by atoms with Crippen LogP contribution in [-0.2, 0) is 6.54 Å². The summed E-state index contributed by atoms with van der Waals surface area (Å²) < 4.78 is 0. The molecule has 0 radical (unpaired) electrons. The van der Waals surface area contributed by atoms with Crippen molar-refractivity contribution in [2.24, 2.45) is 0 Å². The number of allylic oxidation sites excluding steroid dienone is 1. The van der Waals surface area contributed by atoms with E-state index in [9.17, 15) is 4.79 Å². The van der Waals surface area contributed by atoms with Crippen molar-refractivity contribution in [1.29, 1.82) is 0 Å². The van der Waals surface area contributed by atoms with Gasteiger partial charge < -0.3 is 10.6 Å². The predicted molar refractivity (Wildman–Crippen MR) is 106 cm³/mol. The third kappa shape index (κ3) is 5.45. The monoisotopic (exact) mass is 349 g/mol. The highest BCUT2D eigenvalue weighted by molar-refractivity contribution is 5.94. The third-order valence-electron chi connectivity index (χ3n) is 4.74. The molecule has 0 bridgehead atoms. The van der Waals surface area contributed by atoms with E-state index >= 15 is 0 Å². The Morgan fingerprint density at radius 3 is 2.65 bits per heavy atom. The molecule has 0 saturated heterocycles. The zero-order valence-electron chi connectivity index (χ0n) is 15.4. The van der Waals surface area contributed by atoms with Crippen LogP contribution < -0.4 is 10.6 Å². The number of rotatable bonds is 7. The number of amides is 1. The first-order valence-electron chi connectivity index (χ1n) is 9.42. The number of hydrogen-bond donors (Lipinski definition) is 2. The molecule has 0 unspecified atom stereocenters. The first-order chi connectivity index (χ1) is 12.7. The van der Waals surface area contributed by atoms with Crippen molar-refractivity contribution < 1.29 is 4.79 Å². The molecule has 0 aliphatic heterocycles. The second-order valence-corrected chi connectivity index (χ2v) is 6.89. The summed E-state index contributed by atoms with van der Waals surface area (Å²) in [5.74, 6) is 0.716. The van der Waals surface area contributed by atoms with E-state index in [-0.39, 0.29) is 5.91 Å². The first kappa shape index (κ1) is 18.2. The van der Waals surface area contributed by atoms with E-state index in [1.54, 1.807) is 6.20 Å². The van der Waals surface area contributed by atoms with Gasteiger partial charge in [0.2, 0.25) is 0 Å². The van der Waals surface area contributed by atoms with Gasteiger partial charge in [-0.25, -0.2) is 4.98 Å².